The molecule has 1 heterocycles. The third-order valence-electron chi connectivity index (χ3n) is 4.63. The predicted molar refractivity (Wildman–Crippen MR) is 122 cm³/mol. The van der Waals surface area contributed by atoms with E-state index in [1.54, 1.807) is 43.5 Å². The molecule has 0 aliphatic carbocycles. The van der Waals surface area contributed by atoms with E-state index in [9.17, 15) is 9.59 Å². The second-order valence-electron chi connectivity index (χ2n) is 7.01. The molecule has 0 aliphatic rings. The van der Waals surface area contributed by atoms with E-state index in [1.807, 2.05) is 30.3 Å². The average Bonchev–Trinajstić information content (AvgIpc) is 3.31. The molecule has 0 spiro atoms. The van der Waals surface area contributed by atoms with E-state index in [-0.39, 0.29) is 31.5 Å². The number of furan rings is 1. The van der Waals surface area contributed by atoms with E-state index in [4.69, 9.17) is 13.9 Å². The van der Waals surface area contributed by atoms with Crippen LogP contribution in [0.1, 0.15) is 11.3 Å². The molecule has 7 heteroatoms. The van der Waals surface area contributed by atoms with Gasteiger partial charge in [-0.1, -0.05) is 30.3 Å². The summed E-state index contributed by atoms with van der Waals surface area (Å²) in [6, 6.07) is 18.0. The number of amides is 2. The third kappa shape index (κ3) is 6.50. The van der Waals surface area contributed by atoms with Crippen LogP contribution in [0.2, 0.25) is 0 Å². The van der Waals surface area contributed by atoms with Crippen LogP contribution in [0.4, 0.5) is 5.69 Å². The molecule has 0 atom stereocenters. The molecule has 0 radical (unpaired) electrons. The lowest BCUT2D eigenvalue weighted by atomic mass is 10.1. The largest absolute Gasteiger partial charge is 0.493 e. The van der Waals surface area contributed by atoms with Crippen molar-refractivity contribution in [3.8, 4) is 11.5 Å². The van der Waals surface area contributed by atoms with Crippen LogP contribution in [0.3, 0.4) is 0 Å². The van der Waals surface area contributed by atoms with Gasteiger partial charge in [0.25, 0.3) is 5.91 Å². The van der Waals surface area contributed by atoms with Crippen molar-refractivity contribution in [3.05, 3.63) is 90.9 Å². The Balaban J connectivity index is 1.66. The summed E-state index contributed by atoms with van der Waals surface area (Å²) in [6.07, 6.45) is 4.02. The molecule has 7 nitrogen and oxygen atoms in total. The molecule has 0 saturated heterocycles. The van der Waals surface area contributed by atoms with E-state index >= 15 is 0 Å². The van der Waals surface area contributed by atoms with Crippen molar-refractivity contribution < 1.29 is 23.5 Å². The maximum Gasteiger partial charge on any atom is 0.261 e. The van der Waals surface area contributed by atoms with Gasteiger partial charge in [-0.15, -0.1) is 6.58 Å². The van der Waals surface area contributed by atoms with Gasteiger partial charge in [-0.3, -0.25) is 9.59 Å². The van der Waals surface area contributed by atoms with Crippen LogP contribution < -0.4 is 14.8 Å². The van der Waals surface area contributed by atoms with Crippen molar-refractivity contribution in [1.29, 1.82) is 0 Å². The number of benzene rings is 2. The molecule has 1 N–H and O–H groups in total. The molecular weight excluding hydrogens is 408 g/mol. The van der Waals surface area contributed by atoms with Crippen LogP contribution in [-0.2, 0) is 22.6 Å². The Bertz CT molecular complexity index is 1030. The van der Waals surface area contributed by atoms with Crippen LogP contribution in [0.15, 0.2) is 84.0 Å². The van der Waals surface area contributed by atoms with Gasteiger partial charge in [0.2, 0.25) is 5.91 Å². The first-order valence-corrected chi connectivity index (χ1v) is 10.1. The number of anilines is 1. The Hall–Kier alpha value is -4.00. The minimum Gasteiger partial charge on any atom is -0.493 e. The molecule has 0 fully saturated rings. The highest BCUT2D eigenvalue weighted by Crippen LogP contribution is 2.28. The topological polar surface area (TPSA) is 81.0 Å². The highest BCUT2D eigenvalue weighted by Gasteiger charge is 2.20. The van der Waals surface area contributed by atoms with E-state index in [2.05, 4.69) is 11.9 Å². The summed E-state index contributed by atoms with van der Waals surface area (Å²) in [5.74, 6) is 0.860. The first kappa shape index (κ1) is 22.7. The normalized spacial score (nSPS) is 10.3. The van der Waals surface area contributed by atoms with Crippen molar-refractivity contribution in [3.63, 3.8) is 0 Å². The first-order chi connectivity index (χ1) is 15.6. The van der Waals surface area contributed by atoms with Gasteiger partial charge in [-0.25, -0.2) is 0 Å². The molecule has 3 aromatic rings. The minimum absolute atomic E-state index is 0.146. The first-order valence-electron chi connectivity index (χ1n) is 10.1. The lowest BCUT2D eigenvalue weighted by molar-refractivity contribution is -0.137. The van der Waals surface area contributed by atoms with Crippen LogP contribution in [0.5, 0.6) is 11.5 Å². The number of para-hydroxylation sites is 1. The van der Waals surface area contributed by atoms with Crippen molar-refractivity contribution in [2.24, 2.45) is 0 Å². The minimum atomic E-state index is -0.359. The highest BCUT2D eigenvalue weighted by molar-refractivity contribution is 5.94. The summed E-state index contributed by atoms with van der Waals surface area (Å²) in [6.45, 7) is 3.48. The van der Waals surface area contributed by atoms with Gasteiger partial charge in [0.05, 0.1) is 19.9 Å². The fourth-order valence-electron chi connectivity index (χ4n) is 3.07. The number of methoxy groups -OCH3 is 1. The van der Waals surface area contributed by atoms with Gasteiger partial charge >= 0.3 is 0 Å². The second-order valence-corrected chi connectivity index (χ2v) is 7.01. The number of hydrogen-bond donors (Lipinski definition) is 1. The summed E-state index contributed by atoms with van der Waals surface area (Å²) >= 11 is 0. The van der Waals surface area contributed by atoms with Gasteiger partial charge in [0, 0.05) is 5.69 Å². The van der Waals surface area contributed by atoms with Crippen LogP contribution >= 0.6 is 0 Å². The Labute approximate surface area is 187 Å². The van der Waals surface area contributed by atoms with Crippen molar-refractivity contribution >= 4 is 17.5 Å². The van der Waals surface area contributed by atoms with Gasteiger partial charge in [-0.2, -0.15) is 0 Å². The van der Waals surface area contributed by atoms with Gasteiger partial charge in [-0.05, 0) is 48.4 Å². The smallest absolute Gasteiger partial charge is 0.261 e. The summed E-state index contributed by atoms with van der Waals surface area (Å²) in [5, 5.41) is 2.78. The summed E-state index contributed by atoms with van der Waals surface area (Å²) in [7, 11) is 1.54. The number of allylic oxidation sites excluding steroid dienone is 1. The number of ether oxygens (including phenoxy) is 2. The zero-order valence-electron chi connectivity index (χ0n) is 18.0. The Kier molecular flexibility index (Phi) is 8.09. The van der Waals surface area contributed by atoms with E-state index in [1.165, 1.54) is 11.2 Å². The molecule has 2 amide bonds. The maximum absolute atomic E-state index is 12.9. The van der Waals surface area contributed by atoms with Gasteiger partial charge in [0.15, 0.2) is 18.1 Å². The van der Waals surface area contributed by atoms with Crippen molar-refractivity contribution in [1.82, 2.24) is 4.90 Å². The van der Waals surface area contributed by atoms with Gasteiger partial charge < -0.3 is 24.1 Å². The van der Waals surface area contributed by atoms with Crippen LogP contribution in [-0.4, -0.2) is 37.0 Å². The fraction of sp³-hybridized carbons (Fsp3) is 0.200. The Morgan fingerprint density at radius 3 is 2.59 bits per heavy atom. The molecule has 166 valence electrons. The highest BCUT2D eigenvalue weighted by atomic mass is 16.5. The molecule has 0 aliphatic heterocycles. The van der Waals surface area contributed by atoms with Crippen molar-refractivity contribution in [2.75, 3.05) is 25.6 Å². The quantitative estimate of drug-likeness (QED) is 0.460. The number of carbonyl (C=O) groups is 2. The van der Waals surface area contributed by atoms with E-state index in [0.29, 0.717) is 29.4 Å². The lowest BCUT2D eigenvalue weighted by Crippen LogP contribution is -2.40. The van der Waals surface area contributed by atoms with Crippen LogP contribution in [0, 0.1) is 0 Å². The number of nitrogens with one attached hydrogen (secondary N) is 1. The van der Waals surface area contributed by atoms with Crippen molar-refractivity contribution in [2.45, 2.75) is 13.0 Å². The van der Waals surface area contributed by atoms with E-state index in [0.717, 1.165) is 5.56 Å². The number of hydrogen-bond acceptors (Lipinski definition) is 5. The molecule has 1 aromatic heterocycles. The molecule has 0 unspecified atom stereocenters. The lowest BCUT2D eigenvalue weighted by Gasteiger charge is -2.22. The summed E-state index contributed by atoms with van der Waals surface area (Å²) in [5.41, 5.74) is 1.68. The fourth-order valence-corrected chi connectivity index (χ4v) is 3.07. The molecule has 2 aromatic carbocycles. The van der Waals surface area contributed by atoms with Crippen LogP contribution in [0.25, 0.3) is 0 Å². The predicted octanol–water partition coefficient (Wildman–Crippen LogP) is 4.06. The standard InChI is InChI=1S/C25H26N2O5/c1-3-8-19-12-13-22(23(15-19)30-2)32-18-25(29)27(16-21-11-7-14-31-21)17-24(28)26-20-9-5-4-6-10-20/h3-7,9-15H,1,8,16-18H2,2H3,(H,26,28). The van der Waals surface area contributed by atoms with E-state index < -0.39 is 0 Å². The Morgan fingerprint density at radius 1 is 1.09 bits per heavy atom. The molecule has 0 saturated carbocycles. The zero-order valence-corrected chi connectivity index (χ0v) is 18.0. The molecule has 32 heavy (non-hydrogen) atoms. The Morgan fingerprint density at radius 2 is 1.91 bits per heavy atom. The third-order valence-corrected chi connectivity index (χ3v) is 4.63. The monoisotopic (exact) mass is 434 g/mol. The number of carbonyl (C=O) groups excluding carboxylic acids is 2. The van der Waals surface area contributed by atoms with Gasteiger partial charge in [0.1, 0.15) is 12.3 Å². The number of rotatable bonds is 11. The zero-order chi connectivity index (χ0) is 22.8. The summed E-state index contributed by atoms with van der Waals surface area (Å²) < 4.78 is 16.5. The molecule has 0 bridgehead atoms. The summed E-state index contributed by atoms with van der Waals surface area (Å²) in [4.78, 5) is 26.8. The molecular formula is C25H26N2O5. The second kappa shape index (κ2) is 11.4. The number of nitrogens with zero attached hydrogens (tertiary/aromatic N) is 1. The SMILES string of the molecule is C=CCc1ccc(OCC(=O)N(CC(=O)Nc2ccccc2)Cc2ccco2)c(OC)c1. The molecule has 3 rings (SSSR count). The maximum atomic E-state index is 12.9. The average molecular weight is 434 g/mol.